The summed E-state index contributed by atoms with van der Waals surface area (Å²) >= 11 is 1.12. The standard InChI is InChI=1S/C33H32N8O3S2/c1-21-30(22(2)41(39-21)46(43,44)29-9-6-18-45-29)28-19-23-20-35-33(38-31(23)40(32(28)42)27-7-4-3-5-8-27)37-25-12-10-24(11-13-25)36-26-14-16-34-17-15-26/h3-13,18-20,26,34,36H,14-17H2,1-2H3,(H,35,37,38). The van der Waals surface area contributed by atoms with Crippen molar-refractivity contribution in [2.45, 2.75) is 36.9 Å². The summed E-state index contributed by atoms with van der Waals surface area (Å²) in [5.41, 5.74) is 4.07. The molecule has 11 nitrogen and oxygen atoms in total. The zero-order chi connectivity index (χ0) is 31.8. The Labute approximate surface area is 270 Å². The summed E-state index contributed by atoms with van der Waals surface area (Å²) in [7, 11) is -3.92. The maximum atomic E-state index is 14.3. The number of hydrogen-bond acceptors (Lipinski definition) is 10. The van der Waals surface area contributed by atoms with Crippen molar-refractivity contribution < 1.29 is 8.42 Å². The summed E-state index contributed by atoms with van der Waals surface area (Å²) in [4.78, 5) is 23.7. The minimum absolute atomic E-state index is 0.172. The summed E-state index contributed by atoms with van der Waals surface area (Å²) in [6, 6.07) is 22.6. The van der Waals surface area contributed by atoms with Gasteiger partial charge >= 0.3 is 0 Å². The van der Waals surface area contributed by atoms with Crippen LogP contribution in [0.25, 0.3) is 27.8 Å². The molecule has 1 aliphatic rings. The molecule has 13 heteroatoms. The molecule has 5 heterocycles. The number of rotatable bonds is 8. The van der Waals surface area contributed by atoms with Crippen LogP contribution < -0.4 is 21.5 Å². The molecular formula is C33H32N8O3S2. The predicted molar refractivity (Wildman–Crippen MR) is 182 cm³/mol. The topological polar surface area (TPSA) is 136 Å². The molecule has 0 aliphatic carbocycles. The summed E-state index contributed by atoms with van der Waals surface area (Å²) in [5.74, 6) is 0.339. The van der Waals surface area contributed by atoms with Gasteiger partial charge in [-0.25, -0.2) is 4.98 Å². The Kier molecular flexibility index (Phi) is 7.89. The van der Waals surface area contributed by atoms with E-state index in [1.54, 1.807) is 37.6 Å². The highest BCUT2D eigenvalue weighted by molar-refractivity contribution is 7.91. The number of nitrogens with one attached hydrogen (secondary N) is 3. The summed E-state index contributed by atoms with van der Waals surface area (Å²) < 4.78 is 29.5. The normalized spacial score (nSPS) is 14.0. The second kappa shape index (κ2) is 12.2. The molecule has 0 spiro atoms. The molecule has 0 radical (unpaired) electrons. The van der Waals surface area contributed by atoms with Crippen molar-refractivity contribution >= 4 is 49.7 Å². The van der Waals surface area contributed by atoms with E-state index in [0.717, 1.165) is 52.7 Å². The predicted octanol–water partition coefficient (Wildman–Crippen LogP) is 5.47. The highest BCUT2D eigenvalue weighted by atomic mass is 32.2. The number of benzene rings is 2. The maximum absolute atomic E-state index is 14.3. The van der Waals surface area contributed by atoms with E-state index in [1.165, 1.54) is 10.6 Å². The van der Waals surface area contributed by atoms with Crippen LogP contribution in [0.2, 0.25) is 0 Å². The lowest BCUT2D eigenvalue weighted by Gasteiger charge is -2.24. The Balaban J connectivity index is 1.28. The fourth-order valence-electron chi connectivity index (χ4n) is 5.87. The average Bonchev–Trinajstić information content (AvgIpc) is 3.72. The van der Waals surface area contributed by atoms with Gasteiger partial charge in [-0.2, -0.15) is 22.6 Å². The van der Waals surface area contributed by atoms with Crippen LogP contribution in [0.3, 0.4) is 0 Å². The first-order valence-corrected chi connectivity index (χ1v) is 17.3. The fourth-order valence-corrected chi connectivity index (χ4v) is 8.29. The third-order valence-electron chi connectivity index (χ3n) is 8.10. The molecule has 7 rings (SSSR count). The van der Waals surface area contributed by atoms with Crippen LogP contribution in [0.1, 0.15) is 24.2 Å². The first-order valence-electron chi connectivity index (χ1n) is 15.0. The van der Waals surface area contributed by atoms with Crippen LogP contribution in [0.15, 0.2) is 93.4 Å². The third-order valence-corrected chi connectivity index (χ3v) is 11.1. The third kappa shape index (κ3) is 5.57. The SMILES string of the molecule is Cc1nn(S(=O)(=O)c2cccs2)c(C)c1-c1cc2cnc(Nc3ccc(NC4CCNCC4)cc3)nc2n(-c2ccccc2)c1=O. The molecule has 0 bridgehead atoms. The van der Waals surface area contributed by atoms with E-state index in [-0.39, 0.29) is 9.77 Å². The van der Waals surface area contributed by atoms with Crippen LogP contribution in [0.4, 0.5) is 17.3 Å². The van der Waals surface area contributed by atoms with Gasteiger partial charge in [-0.05, 0) is 93.7 Å². The van der Waals surface area contributed by atoms with Gasteiger partial charge in [-0.15, -0.1) is 11.3 Å². The van der Waals surface area contributed by atoms with Gasteiger partial charge in [0.25, 0.3) is 15.6 Å². The van der Waals surface area contributed by atoms with Crippen LogP contribution in [0, 0.1) is 13.8 Å². The minimum atomic E-state index is -3.92. The van der Waals surface area contributed by atoms with Gasteiger partial charge in [0.1, 0.15) is 4.21 Å². The lowest BCUT2D eigenvalue weighted by molar-refractivity contribution is 0.479. The highest BCUT2D eigenvalue weighted by Gasteiger charge is 2.27. The van der Waals surface area contributed by atoms with Crippen molar-refractivity contribution in [2.75, 3.05) is 23.7 Å². The monoisotopic (exact) mass is 652 g/mol. The van der Waals surface area contributed by atoms with Crippen molar-refractivity contribution in [1.82, 2.24) is 29.0 Å². The van der Waals surface area contributed by atoms with E-state index in [9.17, 15) is 13.2 Å². The van der Waals surface area contributed by atoms with E-state index in [4.69, 9.17) is 4.98 Å². The first-order chi connectivity index (χ1) is 22.3. The number of anilines is 3. The van der Waals surface area contributed by atoms with Gasteiger partial charge in [-0.1, -0.05) is 24.3 Å². The average molecular weight is 653 g/mol. The lowest BCUT2D eigenvalue weighted by Crippen LogP contribution is -2.35. The van der Waals surface area contributed by atoms with Crippen molar-refractivity contribution in [3.05, 3.63) is 106 Å². The van der Waals surface area contributed by atoms with Gasteiger partial charge in [-0.3, -0.25) is 9.36 Å². The van der Waals surface area contributed by atoms with Crippen molar-refractivity contribution in [2.24, 2.45) is 0 Å². The second-order valence-corrected chi connectivity index (χ2v) is 14.1. The van der Waals surface area contributed by atoms with Gasteiger partial charge < -0.3 is 16.0 Å². The van der Waals surface area contributed by atoms with Crippen LogP contribution in [-0.2, 0) is 10.0 Å². The van der Waals surface area contributed by atoms with Crippen molar-refractivity contribution in [1.29, 1.82) is 0 Å². The summed E-state index contributed by atoms with van der Waals surface area (Å²) in [5, 5.41) is 16.9. The van der Waals surface area contributed by atoms with Gasteiger partial charge in [0, 0.05) is 34.6 Å². The highest BCUT2D eigenvalue weighted by Crippen LogP contribution is 2.31. The zero-order valence-corrected chi connectivity index (χ0v) is 26.9. The largest absolute Gasteiger partial charge is 0.382 e. The van der Waals surface area contributed by atoms with Crippen LogP contribution >= 0.6 is 11.3 Å². The number of fused-ring (bicyclic) bond motifs is 1. The van der Waals surface area contributed by atoms with E-state index in [1.807, 2.05) is 54.6 Å². The minimum Gasteiger partial charge on any atom is -0.382 e. The van der Waals surface area contributed by atoms with E-state index in [0.29, 0.717) is 51.2 Å². The lowest BCUT2D eigenvalue weighted by atomic mass is 10.0. The van der Waals surface area contributed by atoms with Crippen molar-refractivity contribution in [3.8, 4) is 16.8 Å². The molecule has 0 saturated carbocycles. The number of aryl methyl sites for hydroxylation is 1. The molecule has 46 heavy (non-hydrogen) atoms. The molecule has 234 valence electrons. The van der Waals surface area contributed by atoms with Crippen LogP contribution in [-0.4, -0.2) is 51.3 Å². The van der Waals surface area contributed by atoms with E-state index < -0.39 is 10.0 Å². The summed E-state index contributed by atoms with van der Waals surface area (Å²) in [6.45, 7) is 5.41. The molecule has 0 unspecified atom stereocenters. The van der Waals surface area contributed by atoms with Crippen molar-refractivity contribution in [3.63, 3.8) is 0 Å². The zero-order valence-electron chi connectivity index (χ0n) is 25.3. The van der Waals surface area contributed by atoms with E-state index >= 15 is 0 Å². The Bertz CT molecular complexity index is 2190. The van der Waals surface area contributed by atoms with E-state index in [2.05, 4.69) is 26.0 Å². The first kappa shape index (κ1) is 29.8. The number of para-hydroxylation sites is 1. The molecule has 0 amide bonds. The van der Waals surface area contributed by atoms with Gasteiger partial charge in [0.05, 0.1) is 22.6 Å². The smallest absolute Gasteiger partial charge is 0.292 e. The number of nitrogens with zero attached hydrogens (tertiary/aromatic N) is 5. The molecule has 0 atom stereocenters. The van der Waals surface area contributed by atoms with Crippen LogP contribution in [0.5, 0.6) is 0 Å². The molecular weight excluding hydrogens is 621 g/mol. The molecule has 4 aromatic heterocycles. The molecule has 1 aliphatic heterocycles. The summed E-state index contributed by atoms with van der Waals surface area (Å²) in [6.07, 6.45) is 3.84. The second-order valence-electron chi connectivity index (χ2n) is 11.2. The Morgan fingerprint density at radius 3 is 2.41 bits per heavy atom. The molecule has 2 aromatic carbocycles. The number of thiophene rings is 1. The number of hydrogen-bond donors (Lipinski definition) is 3. The quantitative estimate of drug-likeness (QED) is 0.196. The van der Waals surface area contributed by atoms with Gasteiger partial charge in [0.2, 0.25) is 5.95 Å². The number of pyridine rings is 1. The number of piperidine rings is 1. The molecule has 1 saturated heterocycles. The Morgan fingerprint density at radius 1 is 0.957 bits per heavy atom. The molecule has 6 aromatic rings. The molecule has 1 fully saturated rings. The van der Waals surface area contributed by atoms with Gasteiger partial charge in [0.15, 0.2) is 5.65 Å². The number of aromatic nitrogens is 5. The maximum Gasteiger partial charge on any atom is 0.292 e. The molecule has 3 N–H and O–H groups in total. The fraction of sp³-hybridized carbons (Fsp3) is 0.212. The Hall–Kier alpha value is -4.85. The Morgan fingerprint density at radius 2 is 1.70 bits per heavy atom.